The Morgan fingerprint density at radius 3 is 2.53 bits per heavy atom. The number of amides is 1. The molecule has 1 aromatic heterocycles. The molecule has 2 aliphatic rings. The summed E-state index contributed by atoms with van der Waals surface area (Å²) in [4.78, 5) is 29.9. The zero-order valence-corrected chi connectivity index (χ0v) is 19.8. The van der Waals surface area contributed by atoms with Crippen LogP contribution in [0.5, 0.6) is 0 Å². The van der Waals surface area contributed by atoms with Crippen molar-refractivity contribution in [2.75, 3.05) is 19.6 Å². The minimum Gasteiger partial charge on any atom is -0.464 e. The quantitative estimate of drug-likeness (QED) is 0.559. The van der Waals surface area contributed by atoms with E-state index in [1.54, 1.807) is 17.2 Å². The van der Waals surface area contributed by atoms with Crippen LogP contribution < -0.4 is 0 Å². The average Bonchev–Trinajstić information content (AvgIpc) is 3.10. The predicted molar refractivity (Wildman–Crippen MR) is 134 cm³/mol. The van der Waals surface area contributed by atoms with Crippen molar-refractivity contribution >= 4 is 29.0 Å². The van der Waals surface area contributed by atoms with Gasteiger partial charge in [-0.3, -0.25) is 9.69 Å². The first-order valence-electron chi connectivity index (χ1n) is 12.0. The van der Waals surface area contributed by atoms with Crippen LogP contribution in [0, 0.1) is 0 Å². The predicted octanol–water partition coefficient (Wildman–Crippen LogP) is 5.56. The number of hydrogen-bond acceptors (Lipinski definition) is 3. The number of aromatic nitrogens is 1. The Labute approximate surface area is 200 Å². The van der Waals surface area contributed by atoms with Crippen molar-refractivity contribution in [1.82, 2.24) is 14.4 Å². The monoisotopic (exact) mass is 457 g/mol. The number of carbonyl (C=O) groups excluding carboxylic acids is 1. The summed E-state index contributed by atoms with van der Waals surface area (Å²) in [7, 11) is 0. The fourth-order valence-corrected chi connectivity index (χ4v) is 5.54. The van der Waals surface area contributed by atoms with Crippen LogP contribution in [0.25, 0.3) is 17.0 Å². The van der Waals surface area contributed by atoms with Gasteiger partial charge in [0.1, 0.15) is 0 Å². The first-order valence-corrected chi connectivity index (χ1v) is 12.0. The summed E-state index contributed by atoms with van der Waals surface area (Å²) >= 11 is 0. The minimum absolute atomic E-state index is 0.0684. The molecule has 0 aliphatic carbocycles. The van der Waals surface area contributed by atoms with Gasteiger partial charge in [-0.2, -0.15) is 0 Å². The second-order valence-corrected chi connectivity index (χ2v) is 10.1. The molecule has 0 unspecified atom stereocenters. The number of hydrogen-bond donors (Lipinski definition) is 1. The molecular formula is C28H31N3O3. The molecule has 2 aromatic carbocycles. The molecule has 176 valence electrons. The largest absolute Gasteiger partial charge is 0.464 e. The Morgan fingerprint density at radius 2 is 1.76 bits per heavy atom. The van der Waals surface area contributed by atoms with Gasteiger partial charge in [0.05, 0.1) is 11.2 Å². The fraction of sp³-hybridized carbons (Fsp3) is 0.357. The Kier molecular flexibility index (Phi) is 5.78. The molecule has 1 saturated heterocycles. The number of likely N-dealkylation sites (tertiary alicyclic amines) is 1. The van der Waals surface area contributed by atoms with Crippen LogP contribution in [-0.4, -0.2) is 51.1 Å². The summed E-state index contributed by atoms with van der Waals surface area (Å²) in [5, 5.41) is 10.9. The minimum atomic E-state index is -1.02. The highest BCUT2D eigenvalue weighted by Gasteiger charge is 2.35. The number of fused-ring (bicyclic) bond motifs is 3. The maximum Gasteiger partial charge on any atom is 0.416 e. The zero-order chi connectivity index (χ0) is 23.9. The molecule has 34 heavy (non-hydrogen) atoms. The lowest BCUT2D eigenvalue weighted by molar-refractivity contribution is 0.0801. The van der Waals surface area contributed by atoms with E-state index >= 15 is 0 Å². The van der Waals surface area contributed by atoms with Gasteiger partial charge in [0.15, 0.2) is 0 Å². The molecular weight excluding hydrogens is 426 g/mol. The number of rotatable bonds is 3. The van der Waals surface area contributed by atoms with Crippen molar-refractivity contribution in [3.8, 4) is 0 Å². The van der Waals surface area contributed by atoms with Gasteiger partial charge in [-0.25, -0.2) is 9.36 Å². The van der Waals surface area contributed by atoms with Gasteiger partial charge >= 0.3 is 6.09 Å². The summed E-state index contributed by atoms with van der Waals surface area (Å²) in [6, 6.07) is 15.5. The van der Waals surface area contributed by atoms with Crippen LogP contribution in [0.15, 0.2) is 54.7 Å². The Morgan fingerprint density at radius 1 is 1.00 bits per heavy atom. The molecule has 0 atom stereocenters. The van der Waals surface area contributed by atoms with Crippen molar-refractivity contribution < 1.29 is 14.7 Å². The summed E-state index contributed by atoms with van der Waals surface area (Å²) in [6.07, 6.45) is 6.26. The van der Waals surface area contributed by atoms with Gasteiger partial charge in [-0.05, 0) is 61.3 Å². The molecule has 6 heteroatoms. The number of para-hydroxylation sites is 1. The molecule has 3 heterocycles. The van der Waals surface area contributed by atoms with Crippen molar-refractivity contribution in [1.29, 1.82) is 0 Å². The van der Waals surface area contributed by atoms with Crippen LogP contribution in [0.3, 0.4) is 0 Å². The third-order valence-electron chi connectivity index (χ3n) is 7.05. The van der Waals surface area contributed by atoms with Crippen LogP contribution >= 0.6 is 0 Å². The van der Waals surface area contributed by atoms with Gasteiger partial charge < -0.3 is 10.0 Å². The number of benzene rings is 2. The standard InChI is InChI=1S/C28H31N3O3/c1-28(2)19-30(16-13-24-25(28)22-11-4-5-12-23(22)31(24)27(33)34)26(32)21-10-8-9-20(17-21)18-29-14-6-3-7-15-29/h4-5,8-13,16-17H,3,6-7,14-15,18-19H2,1-2H3,(H,33,34). The van der Waals surface area contributed by atoms with Crippen molar-refractivity contribution in [2.24, 2.45) is 0 Å². The molecule has 2 aliphatic heterocycles. The second-order valence-electron chi connectivity index (χ2n) is 10.1. The van der Waals surface area contributed by atoms with Gasteiger partial charge in [0.25, 0.3) is 5.91 Å². The lowest BCUT2D eigenvalue weighted by Gasteiger charge is -2.30. The molecule has 1 N–H and O–H groups in total. The molecule has 0 bridgehead atoms. The summed E-state index contributed by atoms with van der Waals surface area (Å²) < 4.78 is 1.33. The topological polar surface area (TPSA) is 65.8 Å². The normalized spacial score (nSPS) is 18.0. The lowest BCUT2D eigenvalue weighted by Crippen LogP contribution is -2.37. The van der Waals surface area contributed by atoms with E-state index in [-0.39, 0.29) is 5.91 Å². The number of carbonyl (C=O) groups is 2. The third-order valence-corrected chi connectivity index (χ3v) is 7.05. The first kappa shape index (κ1) is 22.4. The van der Waals surface area contributed by atoms with E-state index in [4.69, 9.17) is 0 Å². The fourth-order valence-electron chi connectivity index (χ4n) is 5.54. The number of carboxylic acid groups (broad SMARTS) is 1. The summed E-state index contributed by atoms with van der Waals surface area (Å²) in [5.41, 5.74) is 3.61. The Bertz CT molecular complexity index is 1280. The molecule has 5 rings (SSSR count). The first-order chi connectivity index (χ1) is 16.3. The van der Waals surface area contributed by atoms with Crippen LogP contribution in [-0.2, 0) is 12.0 Å². The van der Waals surface area contributed by atoms with E-state index in [1.165, 1.54) is 23.8 Å². The van der Waals surface area contributed by atoms with E-state index in [0.717, 1.165) is 36.1 Å². The molecule has 1 fully saturated rings. The van der Waals surface area contributed by atoms with Crippen LogP contribution in [0.4, 0.5) is 4.79 Å². The van der Waals surface area contributed by atoms with Crippen LogP contribution in [0.2, 0.25) is 0 Å². The highest BCUT2D eigenvalue weighted by Crippen LogP contribution is 2.39. The average molecular weight is 458 g/mol. The Balaban J connectivity index is 1.47. The van der Waals surface area contributed by atoms with Crippen LogP contribution in [0.1, 0.15) is 60.3 Å². The maximum atomic E-state index is 13.6. The molecule has 0 radical (unpaired) electrons. The number of piperidine rings is 1. The Hall–Kier alpha value is -3.38. The lowest BCUT2D eigenvalue weighted by atomic mass is 9.82. The third kappa shape index (κ3) is 4.03. The molecule has 3 aromatic rings. The zero-order valence-electron chi connectivity index (χ0n) is 19.8. The van der Waals surface area contributed by atoms with Gasteiger partial charge in [-0.15, -0.1) is 0 Å². The van der Waals surface area contributed by atoms with Crippen molar-refractivity contribution in [3.05, 3.63) is 77.1 Å². The van der Waals surface area contributed by atoms with E-state index in [1.807, 2.05) is 42.5 Å². The maximum absolute atomic E-state index is 13.6. The summed E-state index contributed by atoms with van der Waals surface area (Å²) in [5.74, 6) is -0.0684. The van der Waals surface area contributed by atoms with E-state index in [2.05, 4.69) is 24.8 Å². The molecule has 6 nitrogen and oxygen atoms in total. The summed E-state index contributed by atoms with van der Waals surface area (Å²) in [6.45, 7) is 7.69. The van der Waals surface area contributed by atoms with Gasteiger partial charge in [0, 0.05) is 35.7 Å². The van der Waals surface area contributed by atoms with E-state index < -0.39 is 11.5 Å². The highest BCUT2D eigenvalue weighted by molar-refractivity contribution is 5.99. The SMILES string of the molecule is CC1(C)CN(C(=O)c2cccc(CN3CCCCC3)c2)C=Cc2c1c1ccccc1n2C(=O)O. The second kappa shape index (κ2) is 8.76. The highest BCUT2D eigenvalue weighted by atomic mass is 16.4. The molecule has 1 amide bonds. The van der Waals surface area contributed by atoms with Crippen molar-refractivity contribution in [2.45, 2.75) is 45.1 Å². The molecule has 0 saturated carbocycles. The van der Waals surface area contributed by atoms with E-state index in [9.17, 15) is 14.7 Å². The van der Waals surface area contributed by atoms with Gasteiger partial charge in [-0.1, -0.05) is 50.6 Å². The van der Waals surface area contributed by atoms with Crippen molar-refractivity contribution in [3.63, 3.8) is 0 Å². The smallest absolute Gasteiger partial charge is 0.416 e. The molecule has 0 spiro atoms. The number of nitrogens with zero attached hydrogens (tertiary/aromatic N) is 3. The van der Waals surface area contributed by atoms with E-state index in [0.29, 0.717) is 23.3 Å². The van der Waals surface area contributed by atoms with Gasteiger partial charge in [0.2, 0.25) is 0 Å².